The van der Waals surface area contributed by atoms with E-state index in [0.29, 0.717) is 30.4 Å². The van der Waals surface area contributed by atoms with Gasteiger partial charge in [0.25, 0.3) is 0 Å². The minimum atomic E-state index is -0.248. The van der Waals surface area contributed by atoms with Crippen LogP contribution in [0.15, 0.2) is 18.2 Å². The van der Waals surface area contributed by atoms with Crippen molar-refractivity contribution in [3.05, 3.63) is 18.2 Å². The van der Waals surface area contributed by atoms with E-state index < -0.39 is 0 Å². The average molecular weight is 388 g/mol. The Morgan fingerprint density at radius 3 is 2.25 bits per heavy atom. The van der Waals surface area contributed by atoms with Crippen molar-refractivity contribution in [2.75, 3.05) is 25.1 Å². The first-order chi connectivity index (χ1) is 13.5. The molecule has 0 aromatic heterocycles. The molecule has 1 N–H and O–H groups in total. The summed E-state index contributed by atoms with van der Waals surface area (Å²) in [6, 6.07) is 5.21. The number of carbonyl (C=O) groups is 3. The molecule has 28 heavy (non-hydrogen) atoms. The zero-order valence-electron chi connectivity index (χ0n) is 16.5. The molecule has 3 rings (SSSR count). The number of nitrogens with one attached hydrogen (secondary N) is 1. The van der Waals surface area contributed by atoms with Crippen LogP contribution in [0.4, 0.5) is 5.69 Å². The maximum absolute atomic E-state index is 12.5. The molecule has 1 aromatic carbocycles. The Morgan fingerprint density at radius 1 is 1.04 bits per heavy atom. The van der Waals surface area contributed by atoms with Crippen LogP contribution in [0.3, 0.4) is 0 Å². The highest BCUT2D eigenvalue weighted by Gasteiger charge is 2.47. The summed E-state index contributed by atoms with van der Waals surface area (Å²) in [5.74, 6) is 0.370. The molecule has 0 radical (unpaired) electrons. The van der Waals surface area contributed by atoms with Crippen LogP contribution in [-0.4, -0.2) is 42.4 Å². The van der Waals surface area contributed by atoms with Gasteiger partial charge in [0.15, 0.2) is 11.5 Å². The van der Waals surface area contributed by atoms with E-state index in [1.54, 1.807) is 18.2 Å². The second-order valence-corrected chi connectivity index (χ2v) is 7.15. The van der Waals surface area contributed by atoms with Crippen molar-refractivity contribution in [3.8, 4) is 11.5 Å². The first-order valence-corrected chi connectivity index (χ1v) is 10.1. The monoisotopic (exact) mass is 388 g/mol. The fraction of sp³-hybridized carbons (Fsp3) is 0.571. The lowest BCUT2D eigenvalue weighted by Gasteiger charge is -2.19. The van der Waals surface area contributed by atoms with Gasteiger partial charge in [0.1, 0.15) is 0 Å². The standard InChI is InChI=1S/C21H28N2O5/c1-3-27-17-10-9-14(13-18(17)28-4-2)22-19(24)11-12-23-20(25)15-7-5-6-8-16(15)21(23)26/h9-10,13,15-16H,3-8,11-12H2,1-2H3,(H,22,24)/t15-,16+. The lowest BCUT2D eigenvalue weighted by atomic mass is 9.81. The number of amides is 3. The van der Waals surface area contributed by atoms with Crippen LogP contribution < -0.4 is 14.8 Å². The van der Waals surface area contributed by atoms with E-state index in [0.717, 1.165) is 25.7 Å². The van der Waals surface area contributed by atoms with Gasteiger partial charge in [-0.3, -0.25) is 19.3 Å². The summed E-state index contributed by atoms with van der Waals surface area (Å²) in [4.78, 5) is 38.6. The molecule has 152 valence electrons. The highest BCUT2D eigenvalue weighted by atomic mass is 16.5. The number of ether oxygens (including phenoxy) is 2. The molecule has 1 aliphatic heterocycles. The molecule has 3 amide bonds. The zero-order chi connectivity index (χ0) is 20.1. The lowest BCUT2D eigenvalue weighted by Crippen LogP contribution is -2.34. The summed E-state index contributed by atoms with van der Waals surface area (Å²) in [5, 5.41) is 2.80. The maximum Gasteiger partial charge on any atom is 0.233 e. The molecule has 2 aliphatic rings. The highest BCUT2D eigenvalue weighted by Crippen LogP contribution is 2.38. The number of likely N-dealkylation sites (tertiary alicyclic amines) is 1. The molecule has 7 nitrogen and oxygen atoms in total. The third kappa shape index (κ3) is 4.29. The summed E-state index contributed by atoms with van der Waals surface area (Å²) in [7, 11) is 0. The third-order valence-corrected chi connectivity index (χ3v) is 5.32. The van der Waals surface area contributed by atoms with Gasteiger partial charge in [0.05, 0.1) is 25.0 Å². The number of imide groups is 1. The Hall–Kier alpha value is -2.57. The number of fused-ring (bicyclic) bond motifs is 1. The molecule has 1 aromatic rings. The average Bonchev–Trinajstić information content (AvgIpc) is 2.93. The van der Waals surface area contributed by atoms with Gasteiger partial charge < -0.3 is 14.8 Å². The largest absolute Gasteiger partial charge is 0.490 e. The smallest absolute Gasteiger partial charge is 0.233 e. The Balaban J connectivity index is 1.58. The van der Waals surface area contributed by atoms with Crippen molar-refractivity contribution < 1.29 is 23.9 Å². The zero-order valence-corrected chi connectivity index (χ0v) is 16.5. The Morgan fingerprint density at radius 2 is 1.64 bits per heavy atom. The minimum absolute atomic E-state index is 0.0775. The van der Waals surface area contributed by atoms with Crippen molar-refractivity contribution in [1.82, 2.24) is 4.90 Å². The van der Waals surface area contributed by atoms with Gasteiger partial charge in [0, 0.05) is 24.7 Å². The summed E-state index contributed by atoms with van der Waals surface area (Å²) in [6.45, 7) is 4.90. The molecule has 0 bridgehead atoms. The molecule has 1 aliphatic carbocycles. The number of hydrogen-bond donors (Lipinski definition) is 1. The Labute approximate surface area is 165 Å². The number of anilines is 1. The molecule has 2 fully saturated rings. The van der Waals surface area contributed by atoms with Gasteiger partial charge in [-0.25, -0.2) is 0 Å². The quantitative estimate of drug-likeness (QED) is 0.692. The van der Waals surface area contributed by atoms with Crippen molar-refractivity contribution in [3.63, 3.8) is 0 Å². The number of carbonyl (C=O) groups excluding carboxylic acids is 3. The van der Waals surface area contributed by atoms with Crippen molar-refractivity contribution in [2.24, 2.45) is 11.8 Å². The van der Waals surface area contributed by atoms with Crippen LogP contribution in [0.5, 0.6) is 11.5 Å². The molecular formula is C21H28N2O5. The van der Waals surface area contributed by atoms with Gasteiger partial charge in [0.2, 0.25) is 17.7 Å². The van der Waals surface area contributed by atoms with E-state index in [1.807, 2.05) is 13.8 Å². The molecule has 1 saturated heterocycles. The van der Waals surface area contributed by atoms with Crippen molar-refractivity contribution in [2.45, 2.75) is 46.0 Å². The fourth-order valence-corrected chi connectivity index (χ4v) is 4.02. The normalized spacial score (nSPS) is 21.4. The molecule has 1 saturated carbocycles. The van der Waals surface area contributed by atoms with Crippen LogP contribution in [0, 0.1) is 11.8 Å². The van der Waals surface area contributed by atoms with Gasteiger partial charge in [-0.15, -0.1) is 0 Å². The fourth-order valence-electron chi connectivity index (χ4n) is 4.02. The van der Waals surface area contributed by atoms with Crippen LogP contribution >= 0.6 is 0 Å². The van der Waals surface area contributed by atoms with Gasteiger partial charge in [-0.2, -0.15) is 0 Å². The topological polar surface area (TPSA) is 84.9 Å². The van der Waals surface area contributed by atoms with E-state index in [4.69, 9.17) is 9.47 Å². The SMILES string of the molecule is CCOc1ccc(NC(=O)CCN2C(=O)[C@H]3CCCC[C@H]3C2=O)cc1OCC. The predicted octanol–water partition coefficient (Wildman–Crippen LogP) is 2.99. The van der Waals surface area contributed by atoms with Gasteiger partial charge >= 0.3 is 0 Å². The second kappa shape index (κ2) is 9.08. The van der Waals surface area contributed by atoms with Crippen LogP contribution in [-0.2, 0) is 14.4 Å². The summed E-state index contributed by atoms with van der Waals surface area (Å²) >= 11 is 0. The van der Waals surface area contributed by atoms with Crippen LogP contribution in [0.25, 0.3) is 0 Å². The summed E-state index contributed by atoms with van der Waals surface area (Å²) < 4.78 is 11.1. The first-order valence-electron chi connectivity index (χ1n) is 10.1. The van der Waals surface area contributed by atoms with Crippen LogP contribution in [0.2, 0.25) is 0 Å². The first kappa shape index (κ1) is 20.2. The van der Waals surface area contributed by atoms with Gasteiger partial charge in [-0.05, 0) is 38.8 Å². The maximum atomic E-state index is 12.5. The summed E-state index contributed by atoms with van der Waals surface area (Å²) in [5.41, 5.74) is 0.588. The Kier molecular flexibility index (Phi) is 6.54. The number of hydrogen-bond acceptors (Lipinski definition) is 5. The molecule has 0 unspecified atom stereocenters. The number of nitrogens with zero attached hydrogens (tertiary/aromatic N) is 1. The van der Waals surface area contributed by atoms with E-state index in [2.05, 4.69) is 5.32 Å². The number of benzene rings is 1. The van der Waals surface area contributed by atoms with E-state index in [9.17, 15) is 14.4 Å². The van der Waals surface area contributed by atoms with E-state index >= 15 is 0 Å². The highest BCUT2D eigenvalue weighted by molar-refractivity contribution is 6.05. The Bertz CT molecular complexity index is 724. The molecule has 7 heteroatoms. The molecule has 1 heterocycles. The lowest BCUT2D eigenvalue weighted by molar-refractivity contribution is -0.140. The van der Waals surface area contributed by atoms with E-state index in [1.165, 1.54) is 4.90 Å². The number of rotatable bonds is 8. The van der Waals surface area contributed by atoms with Crippen molar-refractivity contribution in [1.29, 1.82) is 0 Å². The molecular weight excluding hydrogens is 360 g/mol. The second-order valence-electron chi connectivity index (χ2n) is 7.15. The van der Waals surface area contributed by atoms with Crippen LogP contribution in [0.1, 0.15) is 46.0 Å². The predicted molar refractivity (Wildman–Crippen MR) is 104 cm³/mol. The third-order valence-electron chi connectivity index (χ3n) is 5.32. The van der Waals surface area contributed by atoms with Gasteiger partial charge in [-0.1, -0.05) is 12.8 Å². The minimum Gasteiger partial charge on any atom is -0.490 e. The van der Waals surface area contributed by atoms with Crippen molar-refractivity contribution >= 4 is 23.4 Å². The molecule has 2 atom stereocenters. The van der Waals surface area contributed by atoms with E-state index in [-0.39, 0.29) is 42.5 Å². The summed E-state index contributed by atoms with van der Waals surface area (Å²) in [6.07, 6.45) is 3.63. The molecule has 0 spiro atoms.